The zero-order valence-electron chi connectivity index (χ0n) is 10.3. The molecule has 2 unspecified atom stereocenters. The van der Waals surface area contributed by atoms with Crippen molar-refractivity contribution in [2.75, 3.05) is 25.1 Å². The van der Waals surface area contributed by atoms with Crippen LogP contribution in [0.5, 0.6) is 0 Å². The third-order valence-electron chi connectivity index (χ3n) is 3.32. The van der Waals surface area contributed by atoms with Crippen molar-refractivity contribution in [1.29, 1.82) is 0 Å². The fourth-order valence-corrected chi connectivity index (χ4v) is 2.98. The summed E-state index contributed by atoms with van der Waals surface area (Å²) >= 11 is 0. The predicted octanol–water partition coefficient (Wildman–Crippen LogP) is -0.0877. The largest absolute Gasteiger partial charge is 0.355 e. The van der Waals surface area contributed by atoms with Crippen molar-refractivity contribution in [3.8, 4) is 0 Å². The second-order valence-corrected chi connectivity index (χ2v) is 7.05. The van der Waals surface area contributed by atoms with Crippen molar-refractivity contribution in [3.05, 3.63) is 0 Å². The molecule has 1 rings (SSSR count). The second-order valence-electron chi connectivity index (χ2n) is 4.91. The molecule has 3 N–H and O–H groups in total. The summed E-state index contributed by atoms with van der Waals surface area (Å²) in [6.07, 6.45) is 5.62. The van der Waals surface area contributed by atoms with E-state index in [-0.39, 0.29) is 0 Å². The van der Waals surface area contributed by atoms with Crippen molar-refractivity contribution >= 4 is 15.7 Å². The monoisotopic (exact) mass is 262 g/mol. The number of hydrogen-bond donors (Lipinski definition) is 2. The fraction of sp³-hybridized carbons (Fsp3) is 0.909. The van der Waals surface area contributed by atoms with Gasteiger partial charge in [0.1, 0.15) is 5.75 Å². The van der Waals surface area contributed by atoms with Crippen molar-refractivity contribution in [2.45, 2.75) is 25.7 Å². The summed E-state index contributed by atoms with van der Waals surface area (Å²) in [5.41, 5.74) is 5.69. The number of rotatable bonds is 5. The number of amides is 1. The van der Waals surface area contributed by atoms with Crippen LogP contribution in [0.25, 0.3) is 0 Å². The summed E-state index contributed by atoms with van der Waals surface area (Å²) in [7, 11) is -3.23. The van der Waals surface area contributed by atoms with E-state index in [2.05, 4.69) is 5.32 Å². The first-order valence-corrected chi connectivity index (χ1v) is 8.13. The minimum Gasteiger partial charge on any atom is -0.355 e. The minimum absolute atomic E-state index is 0.400. The number of nitrogens with one attached hydrogen (secondary N) is 1. The van der Waals surface area contributed by atoms with Crippen molar-refractivity contribution in [1.82, 2.24) is 5.32 Å². The molecule has 0 aliphatic heterocycles. The molecule has 100 valence electrons. The molecule has 1 aliphatic rings. The van der Waals surface area contributed by atoms with Crippen LogP contribution in [0.15, 0.2) is 0 Å². The van der Waals surface area contributed by atoms with Gasteiger partial charge in [0.05, 0.1) is 0 Å². The zero-order chi connectivity index (χ0) is 12.9. The van der Waals surface area contributed by atoms with Gasteiger partial charge in [0.2, 0.25) is 5.91 Å². The van der Waals surface area contributed by atoms with Crippen molar-refractivity contribution in [2.24, 2.45) is 17.6 Å². The molecule has 1 fully saturated rings. The van der Waals surface area contributed by atoms with E-state index in [9.17, 15) is 13.2 Å². The third-order valence-corrected chi connectivity index (χ3v) is 4.11. The predicted molar refractivity (Wildman–Crippen MR) is 67.2 cm³/mol. The average molecular weight is 262 g/mol. The molecule has 1 aliphatic carbocycles. The normalized spacial score (nSPS) is 25.5. The number of carbonyl (C=O) groups is 1. The van der Waals surface area contributed by atoms with Crippen LogP contribution in [0.2, 0.25) is 0 Å². The number of nitrogens with two attached hydrogens (primary N) is 1. The smallest absolute Gasteiger partial charge is 0.235 e. The van der Waals surface area contributed by atoms with Gasteiger partial charge in [-0.2, -0.15) is 0 Å². The highest BCUT2D eigenvalue weighted by Crippen LogP contribution is 2.28. The molecule has 0 bridgehead atoms. The highest BCUT2D eigenvalue weighted by atomic mass is 32.2. The molecule has 0 aromatic rings. The number of sulfone groups is 1. The lowest BCUT2D eigenvalue weighted by molar-refractivity contribution is -0.118. The van der Waals surface area contributed by atoms with Crippen LogP contribution >= 0.6 is 0 Å². The molecule has 0 saturated heterocycles. The molecule has 1 amide bonds. The van der Waals surface area contributed by atoms with Crippen LogP contribution in [-0.2, 0) is 14.6 Å². The van der Waals surface area contributed by atoms with Crippen LogP contribution in [-0.4, -0.2) is 39.4 Å². The summed E-state index contributed by atoms with van der Waals surface area (Å²) in [4.78, 5) is 11.4. The van der Waals surface area contributed by atoms with Gasteiger partial charge < -0.3 is 11.1 Å². The van der Waals surface area contributed by atoms with Crippen molar-refractivity contribution in [3.63, 3.8) is 0 Å². The Morgan fingerprint density at radius 3 is 2.41 bits per heavy atom. The van der Waals surface area contributed by atoms with Gasteiger partial charge in [-0.15, -0.1) is 0 Å². The molecule has 0 radical (unpaired) electrons. The van der Waals surface area contributed by atoms with E-state index in [0.717, 1.165) is 19.1 Å². The van der Waals surface area contributed by atoms with Gasteiger partial charge in [-0.25, -0.2) is 8.42 Å². The van der Waals surface area contributed by atoms with Crippen LogP contribution in [0.4, 0.5) is 0 Å². The first-order chi connectivity index (χ1) is 7.92. The van der Waals surface area contributed by atoms with Gasteiger partial charge in [-0.1, -0.05) is 12.8 Å². The Morgan fingerprint density at radius 2 is 1.88 bits per heavy atom. The lowest BCUT2D eigenvalue weighted by atomic mass is 9.79. The quantitative estimate of drug-likeness (QED) is 0.725. The van der Waals surface area contributed by atoms with E-state index < -0.39 is 21.5 Å². The van der Waals surface area contributed by atoms with Gasteiger partial charge in [0.15, 0.2) is 9.84 Å². The maximum atomic E-state index is 11.4. The molecule has 6 heteroatoms. The van der Waals surface area contributed by atoms with E-state index in [0.29, 0.717) is 24.9 Å². The summed E-state index contributed by atoms with van der Waals surface area (Å²) < 4.78 is 21.9. The third kappa shape index (κ3) is 5.50. The first kappa shape index (κ1) is 14.4. The molecule has 5 nitrogen and oxygen atoms in total. The Bertz CT molecular complexity index is 354. The minimum atomic E-state index is -3.23. The van der Waals surface area contributed by atoms with Crippen LogP contribution in [0, 0.1) is 11.8 Å². The Labute approximate surface area is 103 Å². The molecule has 17 heavy (non-hydrogen) atoms. The topological polar surface area (TPSA) is 89.3 Å². The maximum absolute atomic E-state index is 11.4. The molecule has 1 saturated carbocycles. The van der Waals surface area contributed by atoms with Gasteiger partial charge in [-0.05, 0) is 31.2 Å². The van der Waals surface area contributed by atoms with Gasteiger partial charge in [0, 0.05) is 12.8 Å². The Balaban J connectivity index is 2.36. The van der Waals surface area contributed by atoms with Gasteiger partial charge in [0.25, 0.3) is 0 Å². The molecular weight excluding hydrogens is 240 g/mol. The van der Waals surface area contributed by atoms with E-state index in [1.807, 2.05) is 0 Å². The highest BCUT2D eigenvalue weighted by molar-refractivity contribution is 7.91. The standard InChI is InChI=1S/C11H22N2O3S/c1-17(15,16)8-11(14)13-7-10-5-3-2-4-9(10)6-12/h9-10H,2-8,12H2,1H3,(H,13,14). The Hall–Kier alpha value is -0.620. The lowest BCUT2D eigenvalue weighted by Crippen LogP contribution is -2.38. The molecule has 0 spiro atoms. The molecule has 0 aromatic heterocycles. The van der Waals surface area contributed by atoms with Crippen LogP contribution < -0.4 is 11.1 Å². The zero-order valence-corrected chi connectivity index (χ0v) is 11.1. The second kappa shape index (κ2) is 6.35. The lowest BCUT2D eigenvalue weighted by Gasteiger charge is -2.30. The van der Waals surface area contributed by atoms with E-state index >= 15 is 0 Å². The maximum Gasteiger partial charge on any atom is 0.235 e. The van der Waals surface area contributed by atoms with E-state index in [1.165, 1.54) is 12.8 Å². The van der Waals surface area contributed by atoms with Crippen molar-refractivity contribution < 1.29 is 13.2 Å². The van der Waals surface area contributed by atoms with Gasteiger partial charge >= 0.3 is 0 Å². The number of hydrogen-bond acceptors (Lipinski definition) is 4. The Morgan fingerprint density at radius 1 is 1.29 bits per heavy atom. The molecule has 2 atom stereocenters. The van der Waals surface area contributed by atoms with Gasteiger partial charge in [-0.3, -0.25) is 4.79 Å². The SMILES string of the molecule is CS(=O)(=O)CC(=O)NCC1CCCCC1CN. The average Bonchev–Trinajstić information content (AvgIpc) is 2.24. The molecule has 0 heterocycles. The van der Waals surface area contributed by atoms with Crippen LogP contribution in [0.1, 0.15) is 25.7 Å². The Kier molecular flexibility index (Phi) is 5.39. The van der Waals surface area contributed by atoms with E-state index in [1.54, 1.807) is 0 Å². The van der Waals surface area contributed by atoms with Crippen LogP contribution in [0.3, 0.4) is 0 Å². The summed E-state index contributed by atoms with van der Waals surface area (Å²) in [5.74, 6) is 0.0286. The summed E-state index contributed by atoms with van der Waals surface area (Å²) in [6.45, 7) is 1.20. The fourth-order valence-electron chi connectivity index (χ4n) is 2.40. The highest BCUT2D eigenvalue weighted by Gasteiger charge is 2.24. The first-order valence-electron chi connectivity index (χ1n) is 6.07. The molecule has 0 aromatic carbocycles. The summed E-state index contributed by atoms with van der Waals surface area (Å²) in [6, 6.07) is 0. The molecular formula is C11H22N2O3S. The summed E-state index contributed by atoms with van der Waals surface area (Å²) in [5, 5.41) is 2.70. The number of carbonyl (C=O) groups excluding carboxylic acids is 1. The van der Waals surface area contributed by atoms with E-state index in [4.69, 9.17) is 5.73 Å².